The average Bonchev–Trinajstić information content (AvgIpc) is 3.42. The van der Waals surface area contributed by atoms with Crippen molar-refractivity contribution in [2.45, 2.75) is 103 Å². The number of nitrogens with one attached hydrogen (secondary N) is 2. The maximum absolute atomic E-state index is 14.0. The average molecular weight is 560 g/mol. The summed E-state index contributed by atoms with van der Waals surface area (Å²) in [6, 6.07) is 8.36. The lowest BCUT2D eigenvalue weighted by molar-refractivity contribution is -0.136. The van der Waals surface area contributed by atoms with E-state index in [1.165, 1.54) is 12.8 Å². The smallest absolute Gasteiger partial charge is 0.245 e. The van der Waals surface area contributed by atoms with Gasteiger partial charge in [-0.05, 0) is 89.2 Å². The molecule has 2 amide bonds. The van der Waals surface area contributed by atoms with Gasteiger partial charge in [-0.25, -0.2) is 0 Å². The Labute approximate surface area is 241 Å². The summed E-state index contributed by atoms with van der Waals surface area (Å²) in [5.41, 5.74) is 1.00. The van der Waals surface area contributed by atoms with E-state index in [0.717, 1.165) is 70.5 Å². The zero-order chi connectivity index (χ0) is 27.9. The number of likely N-dealkylation sites (tertiary alicyclic amines) is 2. The number of carbonyl (C=O) groups excluding carboxylic acids is 2. The van der Waals surface area contributed by atoms with Crippen LogP contribution >= 0.6 is 11.6 Å². The molecule has 0 bridgehead atoms. The molecule has 3 aliphatic heterocycles. The number of hydrogen-bond donors (Lipinski definition) is 2. The lowest BCUT2D eigenvalue weighted by Gasteiger charge is -2.43. The Morgan fingerprint density at radius 1 is 1.00 bits per heavy atom. The highest BCUT2D eigenvalue weighted by Crippen LogP contribution is 2.26. The molecule has 0 radical (unpaired) electrons. The van der Waals surface area contributed by atoms with Crippen LogP contribution < -0.4 is 10.6 Å². The highest BCUT2D eigenvalue weighted by Gasteiger charge is 2.38. The Hall–Kier alpha value is -1.67. The first-order valence-electron chi connectivity index (χ1n) is 15.3. The molecule has 3 atom stereocenters. The van der Waals surface area contributed by atoms with E-state index in [9.17, 15) is 9.59 Å². The quantitative estimate of drug-likeness (QED) is 0.454. The first-order chi connectivity index (χ1) is 18.7. The normalized spacial score (nSPS) is 24.1. The molecular weight excluding hydrogens is 510 g/mol. The molecule has 3 aliphatic rings. The minimum atomic E-state index is -0.575. The van der Waals surface area contributed by atoms with Gasteiger partial charge in [0.05, 0.1) is 6.04 Å². The fraction of sp³-hybridized carbons (Fsp3) is 0.742. The van der Waals surface area contributed by atoms with Crippen LogP contribution in [0.1, 0.15) is 71.8 Å². The Kier molecular flexibility index (Phi) is 11.1. The third-order valence-electron chi connectivity index (χ3n) is 8.81. The minimum Gasteiger partial charge on any atom is -0.343 e. The Balaban J connectivity index is 1.44. The summed E-state index contributed by atoms with van der Waals surface area (Å²) in [6.45, 7) is 14.9. The number of halogens is 1. The van der Waals surface area contributed by atoms with Crippen LogP contribution in [-0.4, -0.2) is 96.0 Å². The standard InChI is InChI=1S/C31H50ClN5O2/c1-22(2)20-37(26-12-16-35(17-13-26)23(3)4)27-14-18-36(21-27)31(39)29(19-24-8-10-25(32)11-9-24)34-30(38)28-7-5-6-15-33-28/h8-11,22-23,26-29,33H,5-7,12-21H2,1-4H3,(H,34,38). The molecule has 1 aromatic carbocycles. The van der Waals surface area contributed by atoms with Crippen molar-refractivity contribution < 1.29 is 9.59 Å². The molecule has 39 heavy (non-hydrogen) atoms. The van der Waals surface area contributed by atoms with Gasteiger partial charge in [0.1, 0.15) is 6.04 Å². The second kappa shape index (κ2) is 14.3. The number of amides is 2. The Bertz CT molecular complexity index is 925. The zero-order valence-corrected chi connectivity index (χ0v) is 25.3. The molecule has 4 rings (SSSR count). The molecule has 0 spiro atoms. The summed E-state index contributed by atoms with van der Waals surface area (Å²) in [5.74, 6) is 0.560. The van der Waals surface area contributed by atoms with Gasteiger partial charge < -0.3 is 20.4 Å². The van der Waals surface area contributed by atoms with Crippen LogP contribution in [0.2, 0.25) is 5.02 Å². The van der Waals surface area contributed by atoms with Crippen molar-refractivity contribution in [3.63, 3.8) is 0 Å². The third-order valence-corrected chi connectivity index (χ3v) is 9.06. The van der Waals surface area contributed by atoms with E-state index in [1.54, 1.807) is 0 Å². The first-order valence-corrected chi connectivity index (χ1v) is 15.7. The maximum atomic E-state index is 14.0. The van der Waals surface area contributed by atoms with Crippen molar-refractivity contribution in [2.75, 3.05) is 39.3 Å². The van der Waals surface area contributed by atoms with Crippen molar-refractivity contribution in [1.82, 2.24) is 25.3 Å². The van der Waals surface area contributed by atoms with Crippen LogP contribution in [0.3, 0.4) is 0 Å². The molecule has 3 saturated heterocycles. The highest BCUT2D eigenvalue weighted by molar-refractivity contribution is 6.30. The molecule has 0 aromatic heterocycles. The predicted octanol–water partition coefficient (Wildman–Crippen LogP) is 3.94. The van der Waals surface area contributed by atoms with Crippen LogP contribution in [-0.2, 0) is 16.0 Å². The molecule has 0 saturated carbocycles. The van der Waals surface area contributed by atoms with Gasteiger partial charge in [0.2, 0.25) is 11.8 Å². The van der Waals surface area contributed by atoms with E-state index in [0.29, 0.717) is 35.5 Å². The van der Waals surface area contributed by atoms with Crippen molar-refractivity contribution in [2.24, 2.45) is 5.92 Å². The number of carbonyl (C=O) groups is 2. The highest BCUT2D eigenvalue weighted by atomic mass is 35.5. The monoisotopic (exact) mass is 559 g/mol. The SMILES string of the molecule is CC(C)CN(C1CCN(C(C)C)CC1)C1CCN(C(=O)C(Cc2ccc(Cl)cc2)NC(=O)C2CCCCN2)C1. The van der Waals surface area contributed by atoms with Crippen LogP contribution in [0.4, 0.5) is 0 Å². The van der Waals surface area contributed by atoms with Gasteiger partial charge in [-0.3, -0.25) is 14.5 Å². The van der Waals surface area contributed by atoms with E-state index in [-0.39, 0.29) is 17.9 Å². The number of piperidine rings is 2. The van der Waals surface area contributed by atoms with Crippen LogP contribution in [0.15, 0.2) is 24.3 Å². The number of nitrogens with zero attached hydrogens (tertiary/aromatic N) is 3. The van der Waals surface area contributed by atoms with E-state index in [2.05, 4.69) is 48.1 Å². The summed E-state index contributed by atoms with van der Waals surface area (Å²) >= 11 is 6.11. The van der Waals surface area contributed by atoms with Gasteiger partial charge in [0.15, 0.2) is 0 Å². The fourth-order valence-corrected chi connectivity index (χ4v) is 6.72. The van der Waals surface area contributed by atoms with Crippen molar-refractivity contribution in [3.05, 3.63) is 34.9 Å². The molecule has 3 fully saturated rings. The van der Waals surface area contributed by atoms with E-state index < -0.39 is 6.04 Å². The largest absolute Gasteiger partial charge is 0.343 e. The molecule has 3 unspecified atom stereocenters. The summed E-state index contributed by atoms with van der Waals surface area (Å²) in [5, 5.41) is 7.13. The van der Waals surface area contributed by atoms with Crippen molar-refractivity contribution >= 4 is 23.4 Å². The molecule has 0 aliphatic carbocycles. The maximum Gasteiger partial charge on any atom is 0.245 e. The van der Waals surface area contributed by atoms with Gasteiger partial charge in [-0.1, -0.05) is 44.0 Å². The Morgan fingerprint density at radius 2 is 1.69 bits per heavy atom. The van der Waals surface area contributed by atoms with Gasteiger partial charge in [-0.2, -0.15) is 0 Å². The molecule has 8 heteroatoms. The van der Waals surface area contributed by atoms with Crippen LogP contribution in [0.5, 0.6) is 0 Å². The molecule has 7 nitrogen and oxygen atoms in total. The third kappa shape index (κ3) is 8.42. The lowest BCUT2D eigenvalue weighted by atomic mass is 9.98. The van der Waals surface area contributed by atoms with E-state index >= 15 is 0 Å². The fourth-order valence-electron chi connectivity index (χ4n) is 6.59. The summed E-state index contributed by atoms with van der Waals surface area (Å²) in [6.07, 6.45) is 6.80. The van der Waals surface area contributed by atoms with Crippen LogP contribution in [0.25, 0.3) is 0 Å². The summed E-state index contributed by atoms with van der Waals surface area (Å²) in [4.78, 5) is 34.4. The van der Waals surface area contributed by atoms with Crippen molar-refractivity contribution in [3.8, 4) is 0 Å². The molecule has 3 heterocycles. The first kappa shape index (κ1) is 30.3. The van der Waals surface area contributed by atoms with Crippen molar-refractivity contribution in [1.29, 1.82) is 0 Å². The van der Waals surface area contributed by atoms with E-state index in [4.69, 9.17) is 11.6 Å². The molecular formula is C31H50ClN5O2. The van der Waals surface area contributed by atoms with Gasteiger partial charge in [0, 0.05) is 49.2 Å². The number of hydrogen-bond acceptors (Lipinski definition) is 5. The molecule has 2 N–H and O–H groups in total. The summed E-state index contributed by atoms with van der Waals surface area (Å²) < 4.78 is 0. The van der Waals surface area contributed by atoms with Gasteiger partial charge in [-0.15, -0.1) is 0 Å². The topological polar surface area (TPSA) is 67.9 Å². The minimum absolute atomic E-state index is 0.0377. The lowest BCUT2D eigenvalue weighted by Crippen LogP contribution is -2.55. The van der Waals surface area contributed by atoms with Gasteiger partial charge in [0.25, 0.3) is 0 Å². The Morgan fingerprint density at radius 3 is 2.31 bits per heavy atom. The predicted molar refractivity (Wildman–Crippen MR) is 159 cm³/mol. The zero-order valence-electron chi connectivity index (χ0n) is 24.5. The van der Waals surface area contributed by atoms with E-state index in [1.807, 2.05) is 29.2 Å². The second-order valence-electron chi connectivity index (χ2n) is 12.6. The van der Waals surface area contributed by atoms with Gasteiger partial charge >= 0.3 is 0 Å². The number of benzene rings is 1. The second-order valence-corrected chi connectivity index (χ2v) is 13.0. The molecule has 1 aromatic rings. The summed E-state index contributed by atoms with van der Waals surface area (Å²) in [7, 11) is 0. The number of rotatable bonds is 10. The van der Waals surface area contributed by atoms with Crippen LogP contribution in [0, 0.1) is 5.92 Å². The molecule has 218 valence electrons.